The molecule has 4 heterocycles. The molecule has 0 saturated carbocycles. The van der Waals surface area contributed by atoms with Crippen molar-refractivity contribution in [1.82, 2.24) is 14.9 Å². The molecule has 10 heteroatoms. The van der Waals surface area contributed by atoms with Gasteiger partial charge >= 0.3 is 6.09 Å². The summed E-state index contributed by atoms with van der Waals surface area (Å²) in [5.74, 6) is 1.92. The molecule has 0 spiro atoms. The van der Waals surface area contributed by atoms with Crippen LogP contribution in [0, 0.1) is 0 Å². The van der Waals surface area contributed by atoms with Gasteiger partial charge < -0.3 is 24.7 Å². The zero-order valence-corrected chi connectivity index (χ0v) is 20.4. The molecule has 10 nitrogen and oxygen atoms in total. The van der Waals surface area contributed by atoms with Crippen molar-refractivity contribution in [3.8, 4) is 17.4 Å². The highest BCUT2D eigenvalue weighted by Gasteiger charge is 2.34. The van der Waals surface area contributed by atoms with E-state index in [0.29, 0.717) is 50.2 Å². The maximum Gasteiger partial charge on any atom is 0.414 e. The van der Waals surface area contributed by atoms with Crippen molar-refractivity contribution in [1.29, 1.82) is 0 Å². The molecule has 36 heavy (non-hydrogen) atoms. The molecule has 0 bridgehead atoms. The maximum absolute atomic E-state index is 12.6. The van der Waals surface area contributed by atoms with Gasteiger partial charge in [0.15, 0.2) is 11.5 Å². The third-order valence-electron chi connectivity index (χ3n) is 6.39. The number of cyclic esters (lactones) is 1. The Morgan fingerprint density at radius 3 is 2.83 bits per heavy atom. The topological polar surface area (TPSA) is 112 Å². The van der Waals surface area contributed by atoms with Gasteiger partial charge in [0.25, 0.3) is 0 Å². The van der Waals surface area contributed by atoms with E-state index in [0.717, 1.165) is 48.2 Å². The molecule has 0 unspecified atom stereocenters. The van der Waals surface area contributed by atoms with Gasteiger partial charge in [-0.05, 0) is 49.2 Å². The zero-order valence-electron chi connectivity index (χ0n) is 20.4. The first-order valence-electron chi connectivity index (χ1n) is 12.2. The van der Waals surface area contributed by atoms with Crippen LogP contribution in [0.25, 0.3) is 11.0 Å². The average molecular weight is 494 g/mol. The number of nitrogens with two attached hydrogens (primary N) is 1. The van der Waals surface area contributed by atoms with Crippen molar-refractivity contribution < 1.29 is 23.7 Å². The lowest BCUT2D eigenvalue weighted by molar-refractivity contribution is 0.109. The summed E-state index contributed by atoms with van der Waals surface area (Å²) >= 11 is 0. The number of carbonyl (C=O) groups excluding carboxylic acids is 1. The highest BCUT2D eigenvalue weighted by molar-refractivity contribution is 5.90. The van der Waals surface area contributed by atoms with E-state index in [-0.39, 0.29) is 12.2 Å². The van der Waals surface area contributed by atoms with Crippen LogP contribution in [0.4, 0.5) is 10.5 Å². The number of rotatable bonds is 10. The van der Waals surface area contributed by atoms with E-state index in [4.69, 9.17) is 24.7 Å². The number of pyridine rings is 2. The van der Waals surface area contributed by atoms with Crippen molar-refractivity contribution in [2.75, 3.05) is 57.9 Å². The summed E-state index contributed by atoms with van der Waals surface area (Å²) in [6.07, 6.45) is 2.96. The Morgan fingerprint density at radius 2 is 2.00 bits per heavy atom. The minimum absolute atomic E-state index is 0.245. The van der Waals surface area contributed by atoms with E-state index in [1.807, 2.05) is 42.6 Å². The largest absolute Gasteiger partial charge is 0.486 e. The fourth-order valence-corrected chi connectivity index (χ4v) is 4.66. The zero-order chi connectivity index (χ0) is 24.9. The molecule has 3 aromatic rings. The van der Waals surface area contributed by atoms with Gasteiger partial charge in [0.1, 0.15) is 19.3 Å². The predicted octanol–water partition coefficient (Wildman–Crippen LogP) is 2.63. The third-order valence-corrected chi connectivity index (χ3v) is 6.39. The number of anilines is 1. The van der Waals surface area contributed by atoms with Crippen LogP contribution < -0.4 is 24.8 Å². The van der Waals surface area contributed by atoms with Gasteiger partial charge in [-0.15, -0.1) is 0 Å². The number of aromatic nitrogens is 2. The number of benzene rings is 1. The Morgan fingerprint density at radius 1 is 1.14 bits per heavy atom. The van der Waals surface area contributed by atoms with E-state index >= 15 is 0 Å². The van der Waals surface area contributed by atoms with E-state index in [2.05, 4.69) is 14.9 Å². The van der Waals surface area contributed by atoms with Gasteiger partial charge in [0, 0.05) is 38.0 Å². The normalized spacial score (nSPS) is 17.0. The molecule has 1 atom stereocenters. The summed E-state index contributed by atoms with van der Waals surface area (Å²) in [5, 5.41) is 0. The Bertz CT molecular complexity index is 1220. The number of methoxy groups -OCH3 is 1. The van der Waals surface area contributed by atoms with Crippen LogP contribution in [0.15, 0.2) is 42.6 Å². The van der Waals surface area contributed by atoms with E-state index in [9.17, 15) is 4.79 Å². The quantitative estimate of drug-likeness (QED) is 0.455. The lowest BCUT2D eigenvalue weighted by atomic mass is 10.1. The van der Waals surface area contributed by atoms with Gasteiger partial charge in [-0.3, -0.25) is 14.8 Å². The molecule has 2 aliphatic heterocycles. The fourth-order valence-electron chi connectivity index (χ4n) is 4.66. The molecule has 1 amide bonds. The van der Waals surface area contributed by atoms with Gasteiger partial charge in [-0.25, -0.2) is 9.78 Å². The smallest absolute Gasteiger partial charge is 0.414 e. The molecular formula is C26H31N5O5. The minimum Gasteiger partial charge on any atom is -0.486 e. The highest BCUT2D eigenvalue weighted by Crippen LogP contribution is 2.35. The van der Waals surface area contributed by atoms with Crippen molar-refractivity contribution in [2.24, 2.45) is 5.73 Å². The number of hydrogen-bond acceptors (Lipinski definition) is 9. The summed E-state index contributed by atoms with van der Waals surface area (Å²) in [6.45, 7) is 4.19. The van der Waals surface area contributed by atoms with E-state index in [1.54, 1.807) is 12.0 Å². The van der Waals surface area contributed by atoms with Crippen LogP contribution >= 0.6 is 0 Å². The molecule has 0 radical (unpaired) electrons. The molecule has 1 fully saturated rings. The monoisotopic (exact) mass is 493 g/mol. The van der Waals surface area contributed by atoms with Crippen LogP contribution in [0.5, 0.6) is 17.4 Å². The molecule has 1 aromatic carbocycles. The van der Waals surface area contributed by atoms with Crippen LogP contribution in [0.2, 0.25) is 0 Å². The van der Waals surface area contributed by atoms with Gasteiger partial charge in [-0.1, -0.05) is 0 Å². The first kappa shape index (κ1) is 24.1. The van der Waals surface area contributed by atoms with E-state index < -0.39 is 0 Å². The average Bonchev–Trinajstić information content (AvgIpc) is 3.28. The van der Waals surface area contributed by atoms with Crippen molar-refractivity contribution >= 4 is 22.8 Å². The number of carbonyl (C=O) groups is 1. The fraction of sp³-hybridized carbons (Fsp3) is 0.423. The predicted molar refractivity (Wildman–Crippen MR) is 135 cm³/mol. The first-order valence-corrected chi connectivity index (χ1v) is 12.2. The Kier molecular flexibility index (Phi) is 7.33. The molecule has 0 aliphatic carbocycles. The molecule has 2 N–H and O–H groups in total. The summed E-state index contributed by atoms with van der Waals surface area (Å²) < 4.78 is 22.2. The second-order valence-electron chi connectivity index (χ2n) is 8.83. The first-order chi connectivity index (χ1) is 17.6. The third kappa shape index (κ3) is 5.29. The second kappa shape index (κ2) is 11.0. The van der Waals surface area contributed by atoms with Crippen molar-refractivity contribution in [3.63, 3.8) is 0 Å². The number of nitrogens with zero attached hydrogens (tertiary/aromatic N) is 4. The number of hydrogen-bond donors (Lipinski definition) is 1. The number of amides is 1. The Balaban J connectivity index is 1.19. The SMILES string of the molecule is COc1ccc2nccc(CCCN(CCN)C[C@@H]3CN(c4ccc5c(c4)OCCO5)C(=O)O3)c2n1. The summed E-state index contributed by atoms with van der Waals surface area (Å²) in [4.78, 5) is 25.5. The van der Waals surface area contributed by atoms with Crippen LogP contribution in [0.3, 0.4) is 0 Å². The van der Waals surface area contributed by atoms with Crippen LogP contribution in [0.1, 0.15) is 12.0 Å². The number of aryl methyl sites for hydroxylation is 1. The van der Waals surface area contributed by atoms with Crippen molar-refractivity contribution in [2.45, 2.75) is 18.9 Å². The minimum atomic E-state index is -0.354. The van der Waals surface area contributed by atoms with Gasteiger partial charge in [-0.2, -0.15) is 0 Å². The Hall–Kier alpha value is -3.63. The highest BCUT2D eigenvalue weighted by atomic mass is 16.6. The Labute approximate surface area is 209 Å². The van der Waals surface area contributed by atoms with Crippen LogP contribution in [-0.2, 0) is 11.2 Å². The molecular weight excluding hydrogens is 462 g/mol. The maximum atomic E-state index is 12.6. The number of fused-ring (bicyclic) bond motifs is 2. The standard InChI is InChI=1S/C26H31N5O5/c1-33-24-7-5-21-25(29-24)18(8-10-28-21)3-2-11-30(12-9-27)16-20-17-31(26(32)36-20)19-4-6-22-23(15-19)35-14-13-34-22/h4-8,10,15,20H,2-3,9,11-14,16-17,27H2,1H3/t20-/m1/s1. The summed E-state index contributed by atoms with van der Waals surface area (Å²) in [7, 11) is 1.61. The van der Waals surface area contributed by atoms with Gasteiger partial charge in [0.2, 0.25) is 5.88 Å². The summed E-state index contributed by atoms with van der Waals surface area (Å²) in [5.41, 5.74) is 9.47. The molecule has 5 rings (SSSR count). The van der Waals surface area contributed by atoms with Crippen molar-refractivity contribution in [3.05, 3.63) is 48.2 Å². The molecule has 2 aliphatic rings. The van der Waals surface area contributed by atoms with Crippen LogP contribution in [-0.4, -0.2) is 80.1 Å². The van der Waals surface area contributed by atoms with Gasteiger partial charge in [0.05, 0.1) is 30.4 Å². The molecule has 1 saturated heterocycles. The van der Waals surface area contributed by atoms with E-state index in [1.165, 1.54) is 0 Å². The molecule has 190 valence electrons. The lowest BCUT2D eigenvalue weighted by Crippen LogP contribution is -2.38. The summed E-state index contributed by atoms with van der Waals surface area (Å²) in [6, 6.07) is 11.3. The number of ether oxygens (including phenoxy) is 4. The lowest BCUT2D eigenvalue weighted by Gasteiger charge is -2.24. The second-order valence-corrected chi connectivity index (χ2v) is 8.83. The molecule has 2 aromatic heterocycles.